The molecule has 0 saturated heterocycles. The Balaban J connectivity index is 1.54. The number of amides is 1. The predicted octanol–water partition coefficient (Wildman–Crippen LogP) is 3.97. The van der Waals surface area contributed by atoms with Crippen molar-refractivity contribution in [2.24, 2.45) is 5.92 Å². The molecule has 3 rings (SSSR count). The van der Waals surface area contributed by atoms with Crippen LogP contribution in [0.1, 0.15) is 38.2 Å². The molecule has 0 heterocycles. The number of likely N-dealkylation sites (N-methyl/N-ethyl adjacent to an activating group) is 1. The van der Waals surface area contributed by atoms with Crippen LogP contribution in [0, 0.1) is 5.92 Å². The third kappa shape index (κ3) is 4.35. The molecule has 1 aliphatic rings. The maximum atomic E-state index is 12.3. The quantitative estimate of drug-likeness (QED) is 0.902. The van der Waals surface area contributed by atoms with Crippen LogP contribution in [0.25, 0.3) is 10.8 Å². The maximum absolute atomic E-state index is 12.3. The Labute approximate surface area is 145 Å². The van der Waals surface area contributed by atoms with Crippen LogP contribution in [0.4, 0.5) is 0 Å². The molecule has 1 N–H and O–H groups in total. The third-order valence-corrected chi connectivity index (χ3v) is 5.14. The van der Waals surface area contributed by atoms with Gasteiger partial charge in [0.05, 0.1) is 6.54 Å². The third-order valence-electron chi connectivity index (χ3n) is 5.14. The molecular weight excluding hydrogens is 296 g/mol. The maximum Gasteiger partial charge on any atom is 0.234 e. The van der Waals surface area contributed by atoms with Crippen LogP contribution in [0.3, 0.4) is 0 Å². The summed E-state index contributed by atoms with van der Waals surface area (Å²) in [5, 5.41) is 5.75. The van der Waals surface area contributed by atoms with E-state index in [1.165, 1.54) is 35.6 Å². The molecule has 3 nitrogen and oxygen atoms in total. The van der Waals surface area contributed by atoms with Crippen molar-refractivity contribution in [3.63, 3.8) is 0 Å². The number of nitrogens with one attached hydrogen (secondary N) is 1. The van der Waals surface area contributed by atoms with Gasteiger partial charge in [-0.25, -0.2) is 0 Å². The minimum atomic E-state index is 0.150. The first-order valence-electron chi connectivity index (χ1n) is 9.07. The molecular formula is C21H28N2O. The summed E-state index contributed by atoms with van der Waals surface area (Å²) in [6, 6.07) is 15.3. The largest absolute Gasteiger partial charge is 0.352 e. The first kappa shape index (κ1) is 17.0. The Morgan fingerprint density at radius 2 is 1.88 bits per heavy atom. The zero-order valence-corrected chi connectivity index (χ0v) is 14.8. The van der Waals surface area contributed by atoms with Gasteiger partial charge < -0.3 is 5.32 Å². The van der Waals surface area contributed by atoms with Crippen molar-refractivity contribution < 1.29 is 4.79 Å². The van der Waals surface area contributed by atoms with Gasteiger partial charge in [0, 0.05) is 12.6 Å². The van der Waals surface area contributed by atoms with E-state index in [2.05, 4.69) is 59.6 Å². The first-order valence-corrected chi connectivity index (χ1v) is 9.07. The highest BCUT2D eigenvalue weighted by atomic mass is 16.2. The molecule has 1 amide bonds. The van der Waals surface area contributed by atoms with Crippen molar-refractivity contribution in [3.8, 4) is 0 Å². The highest BCUT2D eigenvalue weighted by Gasteiger charge is 2.23. The van der Waals surface area contributed by atoms with Gasteiger partial charge in [-0.3, -0.25) is 9.69 Å². The zero-order chi connectivity index (χ0) is 16.9. The summed E-state index contributed by atoms with van der Waals surface area (Å²) in [6.07, 6.45) is 4.90. The standard InChI is InChI=1S/C21H28N2O/c1-16-7-3-6-10-20(16)22-21(24)15-23(2)14-17-11-12-18-8-4-5-9-19(18)13-17/h4-5,8-9,11-13,16,20H,3,6-7,10,14-15H2,1-2H3,(H,22,24)/t16-,20+/m1/s1. The summed E-state index contributed by atoms with van der Waals surface area (Å²) in [5.74, 6) is 0.755. The van der Waals surface area contributed by atoms with Crippen LogP contribution in [0.2, 0.25) is 0 Å². The Hall–Kier alpha value is -1.87. The molecule has 24 heavy (non-hydrogen) atoms. The lowest BCUT2D eigenvalue weighted by atomic mass is 9.86. The van der Waals surface area contributed by atoms with Crippen molar-refractivity contribution >= 4 is 16.7 Å². The van der Waals surface area contributed by atoms with Gasteiger partial charge in [-0.05, 0) is 48.2 Å². The summed E-state index contributed by atoms with van der Waals surface area (Å²) in [6.45, 7) is 3.50. The minimum Gasteiger partial charge on any atom is -0.352 e. The Bertz CT molecular complexity index is 697. The fourth-order valence-electron chi connectivity index (χ4n) is 3.73. The number of carbonyl (C=O) groups excluding carboxylic acids is 1. The van der Waals surface area contributed by atoms with E-state index >= 15 is 0 Å². The number of rotatable bonds is 5. The Morgan fingerprint density at radius 1 is 1.12 bits per heavy atom. The fourth-order valence-corrected chi connectivity index (χ4v) is 3.73. The zero-order valence-electron chi connectivity index (χ0n) is 14.8. The molecule has 2 aromatic rings. The number of benzene rings is 2. The van der Waals surface area contributed by atoms with E-state index in [9.17, 15) is 4.79 Å². The van der Waals surface area contributed by atoms with Crippen molar-refractivity contribution in [3.05, 3.63) is 48.0 Å². The lowest BCUT2D eigenvalue weighted by molar-refractivity contribution is -0.123. The van der Waals surface area contributed by atoms with Crippen LogP contribution in [-0.2, 0) is 11.3 Å². The molecule has 2 atom stereocenters. The van der Waals surface area contributed by atoms with Gasteiger partial charge >= 0.3 is 0 Å². The smallest absolute Gasteiger partial charge is 0.234 e. The van der Waals surface area contributed by atoms with Crippen LogP contribution in [-0.4, -0.2) is 30.4 Å². The molecule has 3 heteroatoms. The predicted molar refractivity (Wildman–Crippen MR) is 99.8 cm³/mol. The lowest BCUT2D eigenvalue weighted by Crippen LogP contribution is -2.44. The number of carbonyl (C=O) groups is 1. The van der Waals surface area contributed by atoms with Gasteiger partial charge in [0.15, 0.2) is 0 Å². The minimum absolute atomic E-state index is 0.150. The second-order valence-electron chi connectivity index (χ2n) is 7.29. The average Bonchev–Trinajstić information content (AvgIpc) is 2.56. The second-order valence-corrected chi connectivity index (χ2v) is 7.29. The molecule has 0 bridgehead atoms. The van der Waals surface area contributed by atoms with Gasteiger partial charge in [0.25, 0.3) is 0 Å². The van der Waals surface area contributed by atoms with E-state index in [1.54, 1.807) is 0 Å². The van der Waals surface area contributed by atoms with E-state index in [0.717, 1.165) is 13.0 Å². The van der Waals surface area contributed by atoms with Crippen LogP contribution < -0.4 is 5.32 Å². The van der Waals surface area contributed by atoms with E-state index in [0.29, 0.717) is 18.5 Å². The van der Waals surface area contributed by atoms with E-state index in [-0.39, 0.29) is 5.91 Å². The van der Waals surface area contributed by atoms with E-state index in [4.69, 9.17) is 0 Å². The molecule has 0 aliphatic heterocycles. The topological polar surface area (TPSA) is 32.3 Å². The van der Waals surface area contributed by atoms with Crippen molar-refractivity contribution in [1.29, 1.82) is 0 Å². The number of fused-ring (bicyclic) bond motifs is 1. The van der Waals surface area contributed by atoms with Gasteiger partial charge in [-0.15, -0.1) is 0 Å². The number of hydrogen-bond acceptors (Lipinski definition) is 2. The monoisotopic (exact) mass is 324 g/mol. The van der Waals surface area contributed by atoms with Gasteiger partial charge in [-0.2, -0.15) is 0 Å². The summed E-state index contributed by atoms with van der Waals surface area (Å²) >= 11 is 0. The summed E-state index contributed by atoms with van der Waals surface area (Å²) in [4.78, 5) is 14.4. The van der Waals surface area contributed by atoms with Crippen molar-refractivity contribution in [1.82, 2.24) is 10.2 Å². The van der Waals surface area contributed by atoms with Gasteiger partial charge in [0.2, 0.25) is 5.91 Å². The van der Waals surface area contributed by atoms with Crippen LogP contribution in [0.15, 0.2) is 42.5 Å². The Kier molecular flexibility index (Phi) is 5.52. The average molecular weight is 324 g/mol. The molecule has 0 aromatic heterocycles. The van der Waals surface area contributed by atoms with E-state index in [1.807, 2.05) is 7.05 Å². The van der Waals surface area contributed by atoms with Crippen molar-refractivity contribution in [2.45, 2.75) is 45.2 Å². The second kappa shape index (κ2) is 7.80. The molecule has 1 aliphatic carbocycles. The van der Waals surface area contributed by atoms with Crippen LogP contribution in [0.5, 0.6) is 0 Å². The Morgan fingerprint density at radius 3 is 2.67 bits per heavy atom. The van der Waals surface area contributed by atoms with Gasteiger partial charge in [-0.1, -0.05) is 56.2 Å². The number of hydrogen-bond donors (Lipinski definition) is 1. The molecule has 0 radical (unpaired) electrons. The molecule has 1 fully saturated rings. The number of nitrogens with zero attached hydrogens (tertiary/aromatic N) is 1. The van der Waals surface area contributed by atoms with E-state index < -0.39 is 0 Å². The van der Waals surface area contributed by atoms with Gasteiger partial charge in [0.1, 0.15) is 0 Å². The SMILES string of the molecule is C[C@@H]1CCCC[C@@H]1NC(=O)CN(C)Cc1ccc2ccccc2c1. The molecule has 1 saturated carbocycles. The summed E-state index contributed by atoms with van der Waals surface area (Å²) in [5.41, 5.74) is 1.25. The lowest BCUT2D eigenvalue weighted by Gasteiger charge is -2.30. The van der Waals surface area contributed by atoms with Crippen molar-refractivity contribution in [2.75, 3.05) is 13.6 Å². The van der Waals surface area contributed by atoms with Crippen LogP contribution >= 0.6 is 0 Å². The highest BCUT2D eigenvalue weighted by molar-refractivity contribution is 5.83. The summed E-state index contributed by atoms with van der Waals surface area (Å²) < 4.78 is 0. The first-order chi connectivity index (χ1) is 11.6. The highest BCUT2D eigenvalue weighted by Crippen LogP contribution is 2.23. The summed E-state index contributed by atoms with van der Waals surface area (Å²) in [7, 11) is 2.01. The normalized spacial score (nSPS) is 21.1. The molecule has 128 valence electrons. The fraction of sp³-hybridized carbons (Fsp3) is 0.476. The molecule has 2 aromatic carbocycles. The molecule has 0 spiro atoms. The molecule has 0 unspecified atom stereocenters.